The van der Waals surface area contributed by atoms with Gasteiger partial charge >= 0.3 is 0 Å². The minimum Gasteiger partial charge on any atom is -0.383 e. The summed E-state index contributed by atoms with van der Waals surface area (Å²) >= 11 is 3.31. The van der Waals surface area contributed by atoms with Gasteiger partial charge in [-0.3, -0.25) is 9.78 Å². The maximum Gasteiger partial charge on any atom is 0.285 e. The van der Waals surface area contributed by atoms with Gasteiger partial charge in [-0.05, 0) is 52.3 Å². The van der Waals surface area contributed by atoms with Crippen LogP contribution >= 0.6 is 25.2 Å². The summed E-state index contributed by atoms with van der Waals surface area (Å²) in [4.78, 5) is 20.5. The Morgan fingerprint density at radius 2 is 2.04 bits per heavy atom. The average Bonchev–Trinajstić information content (AvgIpc) is 2.60. The Balaban J connectivity index is 1.72. The summed E-state index contributed by atoms with van der Waals surface area (Å²) in [7, 11) is 1.46. The molecule has 1 amide bonds. The van der Waals surface area contributed by atoms with Crippen LogP contribution in [0.5, 0.6) is 0 Å². The zero-order chi connectivity index (χ0) is 18.9. The summed E-state index contributed by atoms with van der Waals surface area (Å²) in [6.45, 7) is 0.128. The van der Waals surface area contributed by atoms with Gasteiger partial charge in [-0.1, -0.05) is 9.24 Å². The lowest BCUT2D eigenvalue weighted by Crippen LogP contribution is -2.23. The fraction of sp³-hybridized carbons (Fsp3) is 0.118. The molecule has 0 spiro atoms. The van der Waals surface area contributed by atoms with Crippen molar-refractivity contribution in [3.8, 4) is 0 Å². The molecule has 0 saturated heterocycles. The zero-order valence-electron chi connectivity index (χ0n) is 13.3. The maximum atomic E-state index is 13.1. The van der Waals surface area contributed by atoms with Crippen LogP contribution in [0, 0.1) is 0 Å². The molecular weight excluding hydrogens is 425 g/mol. The molecule has 5 nitrogen and oxygen atoms in total. The molecule has 0 fully saturated rings. The van der Waals surface area contributed by atoms with Crippen molar-refractivity contribution in [2.24, 2.45) is 0 Å². The van der Waals surface area contributed by atoms with Crippen LogP contribution in [0.1, 0.15) is 21.6 Å². The largest absolute Gasteiger partial charge is 0.383 e. The summed E-state index contributed by atoms with van der Waals surface area (Å²) in [6.07, 6.45) is 1.10. The highest BCUT2D eigenvalue weighted by molar-refractivity contribution is 9.10. The van der Waals surface area contributed by atoms with Crippen LogP contribution in [0.25, 0.3) is 10.9 Å². The molecule has 1 aromatic carbocycles. The Labute approximate surface area is 158 Å². The van der Waals surface area contributed by atoms with Crippen molar-refractivity contribution in [2.75, 3.05) is 5.73 Å². The predicted octanol–water partition coefficient (Wildman–Crippen LogP) is 3.83. The van der Waals surface area contributed by atoms with Crippen LogP contribution in [-0.4, -0.2) is 15.9 Å². The number of hydrogen-bond donors (Lipinski definition) is 2. The number of rotatable bonds is 4. The summed E-state index contributed by atoms with van der Waals surface area (Å²) in [5, 5.41) is 3.48. The van der Waals surface area contributed by atoms with Gasteiger partial charge < -0.3 is 11.1 Å². The molecule has 2 aromatic heterocycles. The molecule has 0 radical (unpaired) electrons. The molecule has 0 aliphatic carbocycles. The molecule has 0 saturated carbocycles. The Morgan fingerprint density at radius 3 is 2.69 bits per heavy atom. The van der Waals surface area contributed by atoms with Crippen molar-refractivity contribution in [1.82, 2.24) is 15.3 Å². The lowest BCUT2D eigenvalue weighted by atomic mass is 10.1. The van der Waals surface area contributed by atoms with Gasteiger partial charge in [0.25, 0.3) is 11.6 Å². The van der Waals surface area contributed by atoms with Gasteiger partial charge in [-0.2, -0.15) is 8.78 Å². The van der Waals surface area contributed by atoms with Crippen molar-refractivity contribution >= 4 is 47.8 Å². The minimum absolute atomic E-state index is 0.128. The zero-order valence-corrected chi connectivity index (χ0v) is 16.1. The first-order valence-electron chi connectivity index (χ1n) is 7.50. The standard InChI is InChI=1S/C17H14BrF2N4OP/c18-13-6-10-5-9(1-4-14(10)24-15(13)21)16(25)23-8-12-3-2-11(7-22-12)17(19,20)26/h1-7H,8,26H2,(H2,21,24)(H,23,25). The fourth-order valence-electron chi connectivity index (χ4n) is 2.31. The van der Waals surface area contributed by atoms with Crippen LogP contribution in [0.15, 0.2) is 47.1 Å². The topological polar surface area (TPSA) is 80.9 Å². The predicted molar refractivity (Wildman–Crippen MR) is 103 cm³/mol. The number of nitrogens with two attached hydrogens (primary N) is 1. The third-order valence-corrected chi connectivity index (χ3v) is 4.67. The first kappa shape index (κ1) is 18.6. The molecule has 3 N–H and O–H groups in total. The number of hydrogen-bond acceptors (Lipinski definition) is 4. The van der Waals surface area contributed by atoms with E-state index in [2.05, 4.69) is 31.2 Å². The minimum atomic E-state index is -3.02. The monoisotopic (exact) mass is 438 g/mol. The Morgan fingerprint density at radius 1 is 1.27 bits per heavy atom. The van der Waals surface area contributed by atoms with Crippen molar-refractivity contribution < 1.29 is 13.6 Å². The van der Waals surface area contributed by atoms with Crippen LogP contribution in [0.2, 0.25) is 0 Å². The molecular formula is C17H14BrF2N4OP. The van der Waals surface area contributed by atoms with Gasteiger partial charge in [0, 0.05) is 22.7 Å². The van der Waals surface area contributed by atoms with Crippen molar-refractivity contribution in [2.45, 2.75) is 12.2 Å². The molecule has 26 heavy (non-hydrogen) atoms. The second-order valence-corrected chi connectivity index (χ2v) is 7.19. The molecule has 9 heteroatoms. The molecule has 3 rings (SSSR count). The highest BCUT2D eigenvalue weighted by atomic mass is 79.9. The number of nitrogen functional groups attached to an aromatic ring is 1. The van der Waals surface area contributed by atoms with E-state index in [1.54, 1.807) is 24.3 Å². The van der Waals surface area contributed by atoms with E-state index in [0.29, 0.717) is 27.1 Å². The van der Waals surface area contributed by atoms with E-state index in [1.807, 2.05) is 0 Å². The normalized spacial score (nSPS) is 11.5. The number of nitrogens with zero attached hydrogens (tertiary/aromatic N) is 2. The van der Waals surface area contributed by atoms with Gasteiger partial charge in [0.2, 0.25) is 0 Å². The second-order valence-electron chi connectivity index (χ2n) is 5.61. The molecule has 2 heterocycles. The number of nitrogens with one attached hydrogen (secondary N) is 1. The molecule has 0 aliphatic rings. The van der Waals surface area contributed by atoms with Crippen molar-refractivity contribution in [3.63, 3.8) is 0 Å². The molecule has 3 aromatic rings. The molecule has 1 unspecified atom stereocenters. The average molecular weight is 439 g/mol. The first-order valence-corrected chi connectivity index (χ1v) is 8.87. The van der Waals surface area contributed by atoms with Gasteiger partial charge in [0.1, 0.15) is 5.82 Å². The molecule has 0 aliphatic heterocycles. The number of benzene rings is 1. The van der Waals surface area contributed by atoms with Crippen LogP contribution < -0.4 is 11.1 Å². The Hall–Kier alpha value is -2.18. The number of halogens is 3. The highest BCUT2D eigenvalue weighted by Crippen LogP contribution is 2.34. The summed E-state index contributed by atoms with van der Waals surface area (Å²) in [5.74, 6) is 0.0716. The quantitative estimate of drug-likeness (QED) is 0.606. The summed E-state index contributed by atoms with van der Waals surface area (Å²) < 4.78 is 26.9. The van der Waals surface area contributed by atoms with Crippen LogP contribution in [0.3, 0.4) is 0 Å². The SMILES string of the molecule is Nc1nc2ccc(C(=O)NCc3ccc(C(F)(F)P)cn3)cc2cc1Br. The molecule has 1 atom stereocenters. The van der Waals surface area contributed by atoms with E-state index in [4.69, 9.17) is 5.73 Å². The van der Waals surface area contributed by atoms with Gasteiger partial charge in [0.05, 0.1) is 22.2 Å². The van der Waals surface area contributed by atoms with E-state index in [0.717, 1.165) is 11.6 Å². The molecule has 134 valence electrons. The smallest absolute Gasteiger partial charge is 0.285 e. The van der Waals surface area contributed by atoms with E-state index in [-0.39, 0.29) is 18.0 Å². The van der Waals surface area contributed by atoms with E-state index < -0.39 is 5.66 Å². The maximum absolute atomic E-state index is 13.1. The van der Waals surface area contributed by atoms with Gasteiger partial charge in [-0.15, -0.1) is 0 Å². The summed E-state index contributed by atoms with van der Waals surface area (Å²) in [5.41, 5.74) is 4.12. The lowest BCUT2D eigenvalue weighted by molar-refractivity contribution is 0.0949. The second kappa shape index (κ2) is 7.21. The molecule has 0 bridgehead atoms. The van der Waals surface area contributed by atoms with Crippen molar-refractivity contribution in [1.29, 1.82) is 0 Å². The number of anilines is 1. The van der Waals surface area contributed by atoms with E-state index >= 15 is 0 Å². The van der Waals surface area contributed by atoms with Crippen molar-refractivity contribution in [3.05, 3.63) is 63.9 Å². The number of alkyl halides is 2. The number of fused-ring (bicyclic) bond motifs is 1. The van der Waals surface area contributed by atoms with E-state index in [9.17, 15) is 13.6 Å². The third-order valence-electron chi connectivity index (χ3n) is 3.70. The number of carbonyl (C=O) groups is 1. The fourth-order valence-corrected chi connectivity index (χ4v) is 2.81. The van der Waals surface area contributed by atoms with Crippen LogP contribution in [-0.2, 0) is 12.2 Å². The van der Waals surface area contributed by atoms with E-state index in [1.165, 1.54) is 21.4 Å². The van der Waals surface area contributed by atoms with Gasteiger partial charge in [-0.25, -0.2) is 4.98 Å². The Kier molecular flexibility index (Phi) is 5.16. The number of pyridine rings is 2. The first-order chi connectivity index (χ1) is 12.2. The third kappa shape index (κ3) is 4.14. The Bertz CT molecular complexity index is 977. The van der Waals surface area contributed by atoms with Gasteiger partial charge in [0.15, 0.2) is 0 Å². The number of aromatic nitrogens is 2. The lowest BCUT2D eigenvalue weighted by Gasteiger charge is -2.11. The van der Waals surface area contributed by atoms with Crippen LogP contribution in [0.4, 0.5) is 14.6 Å². The number of carbonyl (C=O) groups excluding carboxylic acids is 1. The highest BCUT2D eigenvalue weighted by Gasteiger charge is 2.24. The summed E-state index contributed by atoms with van der Waals surface area (Å²) in [6, 6.07) is 9.58. The number of amides is 1.